The zero-order chi connectivity index (χ0) is 17.4. The summed E-state index contributed by atoms with van der Waals surface area (Å²) in [6.45, 7) is 5.57. The van der Waals surface area contributed by atoms with E-state index in [9.17, 15) is 4.21 Å². The van der Waals surface area contributed by atoms with E-state index < -0.39 is 10.8 Å². The molecule has 136 valence electrons. The maximum Gasteiger partial charge on any atom is 0.191 e. The monoisotopic (exact) mass is 417 g/mol. The SMILES string of the molecule is CCNC(=NCCc1ccc(Br)o1)NC1CCCC(S(=O)CC)C1. The summed E-state index contributed by atoms with van der Waals surface area (Å²) >= 11 is 3.31. The number of hydrogen-bond acceptors (Lipinski definition) is 3. The number of nitrogens with zero attached hydrogens (tertiary/aromatic N) is 1. The van der Waals surface area contributed by atoms with Gasteiger partial charge in [-0.1, -0.05) is 13.3 Å². The summed E-state index contributed by atoms with van der Waals surface area (Å²) in [6, 6.07) is 4.22. The van der Waals surface area contributed by atoms with Gasteiger partial charge in [0.2, 0.25) is 0 Å². The van der Waals surface area contributed by atoms with E-state index in [0.717, 1.165) is 60.8 Å². The molecule has 1 aromatic heterocycles. The van der Waals surface area contributed by atoms with Gasteiger partial charge in [-0.2, -0.15) is 0 Å². The van der Waals surface area contributed by atoms with E-state index in [0.29, 0.717) is 17.8 Å². The first-order valence-corrected chi connectivity index (χ1v) is 11.0. The third-order valence-corrected chi connectivity index (χ3v) is 6.39. The average molecular weight is 418 g/mol. The van der Waals surface area contributed by atoms with Gasteiger partial charge in [-0.15, -0.1) is 0 Å². The molecule has 1 aromatic rings. The number of furan rings is 1. The Morgan fingerprint density at radius 1 is 1.42 bits per heavy atom. The third-order valence-electron chi connectivity index (χ3n) is 4.22. The van der Waals surface area contributed by atoms with E-state index >= 15 is 0 Å². The molecule has 0 bridgehead atoms. The van der Waals surface area contributed by atoms with Gasteiger partial charge in [0.25, 0.3) is 0 Å². The number of guanidine groups is 1. The number of hydrogen-bond donors (Lipinski definition) is 2. The van der Waals surface area contributed by atoms with Gasteiger partial charge in [-0.05, 0) is 54.2 Å². The van der Waals surface area contributed by atoms with Crippen LogP contribution in [0.3, 0.4) is 0 Å². The first-order chi connectivity index (χ1) is 11.6. The highest BCUT2D eigenvalue weighted by Crippen LogP contribution is 2.23. The molecule has 24 heavy (non-hydrogen) atoms. The largest absolute Gasteiger partial charge is 0.454 e. The second-order valence-corrected chi connectivity index (χ2v) is 8.80. The Labute approximate surface area is 155 Å². The van der Waals surface area contributed by atoms with Crippen LogP contribution in [0.4, 0.5) is 0 Å². The number of nitrogens with one attached hydrogen (secondary N) is 2. The summed E-state index contributed by atoms with van der Waals surface area (Å²) in [7, 11) is -0.698. The van der Waals surface area contributed by atoms with Crippen molar-refractivity contribution in [2.45, 2.75) is 57.2 Å². The first-order valence-electron chi connectivity index (χ1n) is 8.78. The lowest BCUT2D eigenvalue weighted by atomic mass is 9.95. The van der Waals surface area contributed by atoms with Crippen LogP contribution < -0.4 is 10.6 Å². The summed E-state index contributed by atoms with van der Waals surface area (Å²) in [4.78, 5) is 4.65. The molecular formula is C17H28BrN3O2S. The standard InChI is InChI=1S/C17H28BrN3O2S/c1-3-19-17(20-11-10-14-8-9-16(18)23-14)21-13-6-5-7-15(12-13)24(22)4-2/h8-9,13,15H,3-7,10-12H2,1-2H3,(H2,19,20,21). The van der Waals surface area contributed by atoms with Gasteiger partial charge in [0.1, 0.15) is 5.76 Å². The van der Waals surface area contributed by atoms with Gasteiger partial charge in [0, 0.05) is 47.4 Å². The van der Waals surface area contributed by atoms with Gasteiger partial charge in [0.15, 0.2) is 10.6 Å². The van der Waals surface area contributed by atoms with E-state index in [1.54, 1.807) is 0 Å². The highest BCUT2D eigenvalue weighted by atomic mass is 79.9. The summed E-state index contributed by atoms with van der Waals surface area (Å²) in [5.74, 6) is 2.53. The predicted molar refractivity (Wildman–Crippen MR) is 104 cm³/mol. The van der Waals surface area contributed by atoms with Crippen molar-refractivity contribution in [3.8, 4) is 0 Å². The van der Waals surface area contributed by atoms with E-state index in [1.165, 1.54) is 0 Å². The van der Waals surface area contributed by atoms with Gasteiger partial charge in [-0.25, -0.2) is 0 Å². The molecule has 2 rings (SSSR count). The van der Waals surface area contributed by atoms with Crippen LogP contribution in [0.2, 0.25) is 0 Å². The molecule has 1 aliphatic rings. The van der Waals surface area contributed by atoms with Crippen LogP contribution in [0.15, 0.2) is 26.2 Å². The van der Waals surface area contributed by atoms with Crippen molar-refractivity contribution in [1.29, 1.82) is 0 Å². The molecule has 0 radical (unpaired) electrons. The zero-order valence-electron chi connectivity index (χ0n) is 14.5. The highest BCUT2D eigenvalue weighted by Gasteiger charge is 2.25. The number of rotatable bonds is 7. The highest BCUT2D eigenvalue weighted by molar-refractivity contribution is 9.10. The smallest absolute Gasteiger partial charge is 0.191 e. The molecular weight excluding hydrogens is 390 g/mol. The van der Waals surface area contributed by atoms with E-state index in [1.807, 2.05) is 19.1 Å². The molecule has 1 heterocycles. The van der Waals surface area contributed by atoms with Crippen LogP contribution in [0.1, 0.15) is 45.3 Å². The topological polar surface area (TPSA) is 66.6 Å². The van der Waals surface area contributed by atoms with Crippen LogP contribution in [-0.4, -0.2) is 40.3 Å². The van der Waals surface area contributed by atoms with Crippen molar-refractivity contribution in [3.05, 3.63) is 22.6 Å². The molecule has 3 atom stereocenters. The van der Waals surface area contributed by atoms with Crippen LogP contribution in [0.5, 0.6) is 0 Å². The van der Waals surface area contributed by atoms with Gasteiger partial charge in [-0.3, -0.25) is 9.20 Å². The minimum Gasteiger partial charge on any atom is -0.454 e. The minimum absolute atomic E-state index is 0.324. The second kappa shape index (κ2) is 10.2. The van der Waals surface area contributed by atoms with E-state index in [-0.39, 0.29) is 0 Å². The molecule has 2 N–H and O–H groups in total. The molecule has 0 saturated heterocycles. The van der Waals surface area contributed by atoms with Crippen LogP contribution in [0.25, 0.3) is 0 Å². The van der Waals surface area contributed by atoms with Crippen molar-refractivity contribution in [3.63, 3.8) is 0 Å². The fraction of sp³-hybridized carbons (Fsp3) is 0.706. The summed E-state index contributed by atoms with van der Waals surface area (Å²) in [6.07, 6.45) is 5.08. The average Bonchev–Trinajstić information content (AvgIpc) is 3.00. The Bertz CT molecular complexity index is 562. The van der Waals surface area contributed by atoms with Crippen molar-refractivity contribution >= 4 is 32.7 Å². The molecule has 0 amide bonds. The summed E-state index contributed by atoms with van der Waals surface area (Å²) in [5.41, 5.74) is 0. The molecule has 1 fully saturated rings. The Hall–Kier alpha value is -0.820. The lowest BCUT2D eigenvalue weighted by Gasteiger charge is -2.30. The van der Waals surface area contributed by atoms with Crippen molar-refractivity contribution < 1.29 is 8.63 Å². The summed E-state index contributed by atoms with van der Waals surface area (Å²) in [5, 5.41) is 7.15. The Morgan fingerprint density at radius 2 is 2.25 bits per heavy atom. The van der Waals surface area contributed by atoms with Crippen molar-refractivity contribution in [2.75, 3.05) is 18.8 Å². The van der Waals surface area contributed by atoms with Gasteiger partial charge >= 0.3 is 0 Å². The van der Waals surface area contributed by atoms with Gasteiger partial charge in [0.05, 0.1) is 0 Å². The lowest BCUT2D eigenvalue weighted by molar-refractivity contribution is 0.413. The molecule has 1 aliphatic carbocycles. The quantitative estimate of drug-likeness (QED) is 0.527. The maximum absolute atomic E-state index is 12.1. The first kappa shape index (κ1) is 19.5. The number of halogens is 1. The molecule has 0 spiro atoms. The normalized spacial score (nSPS) is 23.0. The maximum atomic E-state index is 12.1. The van der Waals surface area contributed by atoms with Crippen LogP contribution >= 0.6 is 15.9 Å². The lowest BCUT2D eigenvalue weighted by Crippen LogP contribution is -2.46. The van der Waals surface area contributed by atoms with E-state index in [2.05, 4.69) is 38.5 Å². The van der Waals surface area contributed by atoms with E-state index in [4.69, 9.17) is 4.42 Å². The van der Waals surface area contributed by atoms with Crippen molar-refractivity contribution in [2.24, 2.45) is 4.99 Å². The molecule has 1 saturated carbocycles. The third kappa shape index (κ3) is 6.24. The zero-order valence-corrected chi connectivity index (χ0v) is 16.9. The molecule has 0 aliphatic heterocycles. The van der Waals surface area contributed by atoms with Crippen LogP contribution in [-0.2, 0) is 17.2 Å². The van der Waals surface area contributed by atoms with Gasteiger partial charge < -0.3 is 15.1 Å². The minimum atomic E-state index is -0.698. The Morgan fingerprint density at radius 3 is 2.92 bits per heavy atom. The molecule has 3 unspecified atom stereocenters. The van der Waals surface area contributed by atoms with Crippen LogP contribution in [0, 0.1) is 0 Å². The fourth-order valence-corrected chi connectivity index (χ4v) is 4.72. The summed E-state index contributed by atoms with van der Waals surface area (Å²) < 4.78 is 18.3. The Balaban J connectivity index is 1.87. The predicted octanol–water partition coefficient (Wildman–Crippen LogP) is 3.22. The second-order valence-electron chi connectivity index (χ2n) is 6.02. The molecule has 5 nitrogen and oxygen atoms in total. The Kier molecular flexibility index (Phi) is 8.32. The number of aliphatic imine (C=N–C) groups is 1. The van der Waals surface area contributed by atoms with Crippen molar-refractivity contribution in [1.82, 2.24) is 10.6 Å². The molecule has 0 aromatic carbocycles. The molecule has 7 heteroatoms. The fourth-order valence-electron chi connectivity index (χ4n) is 3.03.